The highest BCUT2D eigenvalue weighted by Crippen LogP contribution is 2.28. The number of hydrogen-bond donors (Lipinski definition) is 3. The van der Waals surface area contributed by atoms with Crippen LogP contribution in [0, 0.1) is 0 Å². The molecule has 0 saturated heterocycles. The Morgan fingerprint density at radius 2 is 1.87 bits per heavy atom. The van der Waals surface area contributed by atoms with E-state index < -0.39 is 6.04 Å². The van der Waals surface area contributed by atoms with E-state index in [4.69, 9.17) is 0 Å². The third-order valence-electron chi connectivity index (χ3n) is 5.93. The van der Waals surface area contributed by atoms with Crippen molar-refractivity contribution in [1.29, 1.82) is 0 Å². The second kappa shape index (κ2) is 7.33. The molecule has 0 saturated carbocycles. The molecule has 0 aliphatic carbocycles. The Morgan fingerprint density at radius 3 is 2.77 bits per heavy atom. The fourth-order valence-electron chi connectivity index (χ4n) is 4.32. The molecule has 0 unspecified atom stereocenters. The number of fused-ring (bicyclic) bond motifs is 4. The summed E-state index contributed by atoms with van der Waals surface area (Å²) in [6.07, 6.45) is 1.25. The summed E-state index contributed by atoms with van der Waals surface area (Å²) < 4.78 is 0. The van der Waals surface area contributed by atoms with Gasteiger partial charge in [-0.3, -0.25) is 14.4 Å². The summed E-state index contributed by atoms with van der Waals surface area (Å²) in [4.78, 5) is 43.1. The molecule has 1 atom stereocenters. The summed E-state index contributed by atoms with van der Waals surface area (Å²) in [5.74, 6) is -0.601. The van der Waals surface area contributed by atoms with Crippen LogP contribution >= 0.6 is 0 Å². The Bertz CT molecular complexity index is 1170. The molecule has 7 heteroatoms. The zero-order chi connectivity index (χ0) is 20.7. The van der Waals surface area contributed by atoms with Gasteiger partial charge in [0.15, 0.2) is 0 Å². The van der Waals surface area contributed by atoms with E-state index in [1.54, 1.807) is 24.3 Å². The van der Waals surface area contributed by atoms with Gasteiger partial charge in [-0.05, 0) is 24.6 Å². The van der Waals surface area contributed by atoms with Crippen LogP contribution in [-0.2, 0) is 22.6 Å². The summed E-state index contributed by atoms with van der Waals surface area (Å²) in [5, 5.41) is 6.69. The normalized spacial score (nSPS) is 18.3. The Balaban J connectivity index is 1.25. The predicted molar refractivity (Wildman–Crippen MR) is 113 cm³/mol. The molecule has 3 N–H and O–H groups in total. The molecule has 0 spiro atoms. The molecule has 0 radical (unpaired) electrons. The Morgan fingerprint density at radius 1 is 1.07 bits per heavy atom. The van der Waals surface area contributed by atoms with Crippen molar-refractivity contribution in [2.75, 3.05) is 11.9 Å². The zero-order valence-corrected chi connectivity index (χ0v) is 16.4. The smallest absolute Gasteiger partial charge is 0.254 e. The van der Waals surface area contributed by atoms with Gasteiger partial charge in [0, 0.05) is 48.1 Å². The highest BCUT2D eigenvalue weighted by molar-refractivity contribution is 6.09. The lowest BCUT2D eigenvalue weighted by Crippen LogP contribution is -2.42. The fourth-order valence-corrected chi connectivity index (χ4v) is 4.32. The number of benzene rings is 2. The van der Waals surface area contributed by atoms with Gasteiger partial charge in [-0.2, -0.15) is 0 Å². The molecule has 2 aliphatic heterocycles. The van der Waals surface area contributed by atoms with Crippen LogP contribution in [0.5, 0.6) is 0 Å². The number of hydrogen-bond acceptors (Lipinski definition) is 3. The summed E-state index contributed by atoms with van der Waals surface area (Å²) >= 11 is 0. The number of H-pyrrole nitrogens is 1. The second-order valence-electron chi connectivity index (χ2n) is 7.79. The summed E-state index contributed by atoms with van der Waals surface area (Å²) in [5.41, 5.74) is 4.38. The Kier molecular flexibility index (Phi) is 4.50. The van der Waals surface area contributed by atoms with Crippen LogP contribution in [0.2, 0.25) is 0 Å². The standard InChI is InChI=1S/C23H22N4O3/c28-21(27-12-11-19-16(13-27)14-5-1-3-7-17(14)24-19)10-9-20-23(30)25-18-8-4-2-6-15(18)22(29)26-20/h1-8,20,24H,9-13H2,(H,25,30)(H,26,29)/t20-/m0/s1. The second-order valence-corrected chi connectivity index (χ2v) is 7.79. The molecule has 2 aromatic carbocycles. The van der Waals surface area contributed by atoms with Crippen LogP contribution in [0.1, 0.15) is 34.5 Å². The lowest BCUT2D eigenvalue weighted by atomic mass is 10.0. The van der Waals surface area contributed by atoms with Crippen molar-refractivity contribution in [3.63, 3.8) is 0 Å². The van der Waals surface area contributed by atoms with E-state index in [0.717, 1.165) is 17.3 Å². The van der Waals surface area contributed by atoms with Crippen molar-refractivity contribution in [1.82, 2.24) is 15.2 Å². The van der Waals surface area contributed by atoms with Crippen molar-refractivity contribution in [3.8, 4) is 0 Å². The molecule has 5 rings (SSSR count). The van der Waals surface area contributed by atoms with E-state index in [1.807, 2.05) is 23.1 Å². The minimum absolute atomic E-state index is 0.00487. The van der Waals surface area contributed by atoms with Gasteiger partial charge >= 0.3 is 0 Å². The van der Waals surface area contributed by atoms with Gasteiger partial charge in [-0.25, -0.2) is 0 Å². The number of aromatic nitrogens is 1. The van der Waals surface area contributed by atoms with Gasteiger partial charge in [0.05, 0.1) is 11.3 Å². The predicted octanol–water partition coefficient (Wildman–Crippen LogP) is 2.58. The molecule has 3 amide bonds. The number of aromatic amines is 1. The third kappa shape index (κ3) is 3.22. The van der Waals surface area contributed by atoms with Crippen LogP contribution in [0.25, 0.3) is 10.9 Å². The van der Waals surface area contributed by atoms with Gasteiger partial charge < -0.3 is 20.5 Å². The highest BCUT2D eigenvalue weighted by atomic mass is 16.2. The molecule has 7 nitrogen and oxygen atoms in total. The first-order valence-corrected chi connectivity index (χ1v) is 10.2. The van der Waals surface area contributed by atoms with Crippen LogP contribution in [0.15, 0.2) is 48.5 Å². The van der Waals surface area contributed by atoms with Gasteiger partial charge in [-0.1, -0.05) is 30.3 Å². The summed E-state index contributed by atoms with van der Waals surface area (Å²) in [6.45, 7) is 1.21. The SMILES string of the molecule is O=C1N[C@@H](CCC(=O)N2CCc3[nH]c4ccccc4c3C2)C(=O)Nc2ccccc21. The molecule has 0 bridgehead atoms. The first-order chi connectivity index (χ1) is 14.6. The van der Waals surface area contributed by atoms with E-state index in [1.165, 1.54) is 11.3 Å². The van der Waals surface area contributed by atoms with Crippen molar-refractivity contribution >= 4 is 34.3 Å². The maximum Gasteiger partial charge on any atom is 0.254 e. The summed E-state index contributed by atoms with van der Waals surface area (Å²) in [7, 11) is 0. The topological polar surface area (TPSA) is 94.3 Å². The molecule has 152 valence electrons. The van der Waals surface area contributed by atoms with Crippen molar-refractivity contribution in [3.05, 3.63) is 65.4 Å². The van der Waals surface area contributed by atoms with Crippen LogP contribution in [-0.4, -0.2) is 40.2 Å². The number of nitrogens with one attached hydrogen (secondary N) is 3. The van der Waals surface area contributed by atoms with E-state index in [-0.39, 0.29) is 30.6 Å². The molecule has 2 aliphatic rings. The Hall–Kier alpha value is -3.61. The number of nitrogens with zero attached hydrogens (tertiary/aromatic N) is 1. The zero-order valence-electron chi connectivity index (χ0n) is 16.4. The van der Waals surface area contributed by atoms with E-state index in [9.17, 15) is 14.4 Å². The summed E-state index contributed by atoms with van der Waals surface area (Å²) in [6, 6.07) is 14.3. The molecule has 3 aromatic rings. The first kappa shape index (κ1) is 18.4. The van der Waals surface area contributed by atoms with E-state index >= 15 is 0 Å². The maximum absolute atomic E-state index is 12.9. The van der Waals surface area contributed by atoms with Gasteiger partial charge in [0.2, 0.25) is 11.8 Å². The van der Waals surface area contributed by atoms with Gasteiger partial charge in [0.25, 0.3) is 5.91 Å². The molecule has 30 heavy (non-hydrogen) atoms. The molecule has 0 fully saturated rings. The minimum Gasteiger partial charge on any atom is -0.358 e. The van der Waals surface area contributed by atoms with Crippen LogP contribution in [0.3, 0.4) is 0 Å². The van der Waals surface area contributed by atoms with Crippen molar-refractivity contribution in [2.45, 2.75) is 31.8 Å². The average Bonchev–Trinajstić information content (AvgIpc) is 3.08. The number of carbonyl (C=O) groups is 3. The van der Waals surface area contributed by atoms with E-state index in [2.05, 4.69) is 21.7 Å². The molecule has 3 heterocycles. The lowest BCUT2D eigenvalue weighted by Gasteiger charge is -2.28. The van der Waals surface area contributed by atoms with Gasteiger partial charge in [0.1, 0.15) is 6.04 Å². The maximum atomic E-state index is 12.9. The quantitative estimate of drug-likeness (QED) is 0.629. The molecular weight excluding hydrogens is 380 g/mol. The number of anilines is 1. The number of para-hydroxylation sites is 2. The third-order valence-corrected chi connectivity index (χ3v) is 5.93. The van der Waals surface area contributed by atoms with Crippen LogP contribution < -0.4 is 10.6 Å². The monoisotopic (exact) mass is 402 g/mol. The van der Waals surface area contributed by atoms with Crippen molar-refractivity contribution in [2.24, 2.45) is 0 Å². The average molecular weight is 402 g/mol. The first-order valence-electron chi connectivity index (χ1n) is 10.2. The largest absolute Gasteiger partial charge is 0.358 e. The number of amides is 3. The van der Waals surface area contributed by atoms with Crippen molar-refractivity contribution < 1.29 is 14.4 Å². The van der Waals surface area contributed by atoms with Crippen LogP contribution in [0.4, 0.5) is 5.69 Å². The number of carbonyl (C=O) groups excluding carboxylic acids is 3. The number of rotatable bonds is 3. The highest BCUT2D eigenvalue weighted by Gasteiger charge is 2.29. The fraction of sp³-hybridized carbons (Fsp3) is 0.261. The lowest BCUT2D eigenvalue weighted by molar-refractivity contribution is -0.132. The van der Waals surface area contributed by atoms with E-state index in [0.29, 0.717) is 24.3 Å². The van der Waals surface area contributed by atoms with Gasteiger partial charge in [-0.15, -0.1) is 0 Å². The Labute approximate surface area is 173 Å². The molecule has 1 aromatic heterocycles. The molecular formula is C23H22N4O3. The minimum atomic E-state index is -0.734.